The molecule has 0 spiro atoms. The van der Waals surface area contributed by atoms with Gasteiger partial charge in [0.15, 0.2) is 0 Å². The minimum atomic E-state index is -0.829. The van der Waals surface area contributed by atoms with E-state index < -0.39 is 17.9 Å². The van der Waals surface area contributed by atoms with Crippen molar-refractivity contribution in [1.82, 2.24) is 15.5 Å². The van der Waals surface area contributed by atoms with Crippen LogP contribution in [0.1, 0.15) is 32.6 Å². The first-order valence-corrected chi connectivity index (χ1v) is 7.51. The Bertz CT molecular complexity index is 420. The van der Waals surface area contributed by atoms with Crippen LogP contribution in [0.25, 0.3) is 0 Å². The van der Waals surface area contributed by atoms with E-state index in [9.17, 15) is 14.4 Å². The van der Waals surface area contributed by atoms with E-state index in [-0.39, 0.29) is 24.4 Å². The topological polar surface area (TPSA) is 98.7 Å². The van der Waals surface area contributed by atoms with Gasteiger partial charge in [-0.05, 0) is 18.8 Å². The summed E-state index contributed by atoms with van der Waals surface area (Å²) in [7, 11) is 0. The second-order valence-corrected chi connectivity index (χ2v) is 6.12. The van der Waals surface area contributed by atoms with Crippen molar-refractivity contribution in [2.24, 2.45) is 11.8 Å². The summed E-state index contributed by atoms with van der Waals surface area (Å²) in [6.45, 7) is 2.85. The smallest absolute Gasteiger partial charge is 0.321 e. The molecule has 7 nitrogen and oxygen atoms in total. The molecule has 0 aromatic heterocycles. The molecular weight excluding hydrogens is 274 g/mol. The molecule has 1 heterocycles. The van der Waals surface area contributed by atoms with Crippen molar-refractivity contribution in [2.45, 2.75) is 38.6 Å². The zero-order chi connectivity index (χ0) is 15.4. The molecule has 118 valence electrons. The highest BCUT2D eigenvalue weighted by molar-refractivity contribution is 5.95. The molecule has 1 aliphatic carbocycles. The number of hydrogen-bond donors (Lipinski definition) is 3. The van der Waals surface area contributed by atoms with Crippen molar-refractivity contribution in [3.8, 4) is 0 Å². The Balaban J connectivity index is 1.72. The number of hydrogen-bond acceptors (Lipinski definition) is 4. The number of carbonyl (C=O) groups is 3. The van der Waals surface area contributed by atoms with E-state index in [0.29, 0.717) is 13.1 Å². The molecule has 21 heavy (non-hydrogen) atoms. The van der Waals surface area contributed by atoms with Gasteiger partial charge in [0, 0.05) is 19.1 Å². The van der Waals surface area contributed by atoms with Gasteiger partial charge in [-0.15, -0.1) is 0 Å². The Morgan fingerprint density at radius 3 is 2.43 bits per heavy atom. The van der Waals surface area contributed by atoms with Gasteiger partial charge in [-0.3, -0.25) is 19.8 Å². The Morgan fingerprint density at radius 2 is 1.86 bits per heavy atom. The maximum atomic E-state index is 11.8. The Labute approximate surface area is 124 Å². The number of imide groups is 1. The molecule has 2 aliphatic rings. The molecule has 0 aromatic rings. The number of rotatable bonds is 4. The standard InChI is InChI=1S/C14H23N3O4/c1-9-6-17(7-11(9)13(19)20)8-12(18)16-14(21)15-10-4-2-3-5-10/h9-11H,2-8H2,1H3,(H,19,20)(H2,15,16,18,21). The summed E-state index contributed by atoms with van der Waals surface area (Å²) < 4.78 is 0. The lowest BCUT2D eigenvalue weighted by atomic mass is 9.99. The molecule has 2 fully saturated rings. The zero-order valence-electron chi connectivity index (χ0n) is 12.3. The molecule has 1 saturated carbocycles. The van der Waals surface area contributed by atoms with Crippen LogP contribution < -0.4 is 10.6 Å². The maximum Gasteiger partial charge on any atom is 0.321 e. The number of nitrogens with one attached hydrogen (secondary N) is 2. The fraction of sp³-hybridized carbons (Fsp3) is 0.786. The van der Waals surface area contributed by atoms with Gasteiger partial charge in [0.05, 0.1) is 12.5 Å². The predicted molar refractivity (Wildman–Crippen MR) is 75.7 cm³/mol. The number of nitrogens with zero attached hydrogens (tertiary/aromatic N) is 1. The lowest BCUT2D eigenvalue weighted by Crippen LogP contribution is -2.46. The first-order valence-electron chi connectivity index (χ1n) is 7.51. The van der Waals surface area contributed by atoms with E-state index in [4.69, 9.17) is 5.11 Å². The fourth-order valence-corrected chi connectivity index (χ4v) is 3.18. The Hall–Kier alpha value is -1.63. The van der Waals surface area contributed by atoms with Crippen molar-refractivity contribution >= 4 is 17.9 Å². The van der Waals surface area contributed by atoms with Crippen molar-refractivity contribution in [1.29, 1.82) is 0 Å². The highest BCUT2D eigenvalue weighted by Crippen LogP contribution is 2.22. The lowest BCUT2D eigenvalue weighted by molar-refractivity contribution is -0.142. The third kappa shape index (κ3) is 4.42. The molecule has 1 aliphatic heterocycles. The van der Waals surface area contributed by atoms with Gasteiger partial charge in [0.2, 0.25) is 5.91 Å². The number of carboxylic acids is 1. The number of carboxylic acid groups (broad SMARTS) is 1. The van der Waals surface area contributed by atoms with Gasteiger partial charge in [-0.2, -0.15) is 0 Å². The van der Waals surface area contributed by atoms with E-state index >= 15 is 0 Å². The van der Waals surface area contributed by atoms with Gasteiger partial charge in [0.1, 0.15) is 0 Å². The second-order valence-electron chi connectivity index (χ2n) is 6.12. The van der Waals surface area contributed by atoms with Crippen molar-refractivity contribution in [3.63, 3.8) is 0 Å². The van der Waals surface area contributed by atoms with Crippen LogP contribution in [-0.2, 0) is 9.59 Å². The van der Waals surface area contributed by atoms with Crippen LogP contribution in [0.5, 0.6) is 0 Å². The third-order valence-corrected chi connectivity index (χ3v) is 4.32. The Morgan fingerprint density at radius 1 is 1.19 bits per heavy atom. The van der Waals surface area contributed by atoms with Gasteiger partial charge in [-0.25, -0.2) is 4.79 Å². The molecule has 1 saturated heterocycles. The first kappa shape index (κ1) is 15.8. The van der Waals surface area contributed by atoms with Gasteiger partial charge in [0.25, 0.3) is 0 Å². The molecular formula is C14H23N3O4. The number of carbonyl (C=O) groups excluding carboxylic acids is 2. The highest BCUT2D eigenvalue weighted by atomic mass is 16.4. The molecule has 3 amide bonds. The molecule has 0 radical (unpaired) electrons. The monoisotopic (exact) mass is 297 g/mol. The quantitative estimate of drug-likeness (QED) is 0.698. The summed E-state index contributed by atoms with van der Waals surface area (Å²) in [5, 5.41) is 14.2. The number of likely N-dealkylation sites (tertiary alicyclic amines) is 1. The summed E-state index contributed by atoms with van der Waals surface area (Å²) in [5.41, 5.74) is 0. The maximum absolute atomic E-state index is 11.8. The summed E-state index contributed by atoms with van der Waals surface area (Å²) >= 11 is 0. The molecule has 2 unspecified atom stereocenters. The number of amides is 3. The third-order valence-electron chi connectivity index (χ3n) is 4.32. The van der Waals surface area contributed by atoms with Crippen LogP contribution in [0, 0.1) is 11.8 Å². The van der Waals surface area contributed by atoms with Crippen molar-refractivity contribution in [3.05, 3.63) is 0 Å². The first-order chi connectivity index (χ1) is 9.95. The lowest BCUT2D eigenvalue weighted by Gasteiger charge is -2.16. The van der Waals surface area contributed by atoms with Gasteiger partial charge in [-0.1, -0.05) is 19.8 Å². The molecule has 2 atom stereocenters. The summed E-state index contributed by atoms with van der Waals surface area (Å²) in [4.78, 5) is 36.3. The van der Waals surface area contributed by atoms with Gasteiger partial charge >= 0.3 is 12.0 Å². The SMILES string of the molecule is CC1CN(CC(=O)NC(=O)NC2CCCC2)CC1C(=O)O. The van der Waals surface area contributed by atoms with E-state index in [0.717, 1.165) is 25.7 Å². The number of urea groups is 1. The number of aliphatic carboxylic acids is 1. The van der Waals surface area contributed by atoms with Crippen molar-refractivity contribution in [2.75, 3.05) is 19.6 Å². The summed E-state index contributed by atoms with van der Waals surface area (Å²) in [6, 6.07) is -0.282. The summed E-state index contributed by atoms with van der Waals surface area (Å²) in [5.74, 6) is -1.64. The zero-order valence-corrected chi connectivity index (χ0v) is 12.3. The van der Waals surface area contributed by atoms with Crippen LogP contribution in [0.15, 0.2) is 0 Å². The minimum Gasteiger partial charge on any atom is -0.481 e. The molecule has 7 heteroatoms. The molecule has 0 bridgehead atoms. The van der Waals surface area contributed by atoms with Crippen LogP contribution in [0.2, 0.25) is 0 Å². The average molecular weight is 297 g/mol. The Kier molecular flexibility index (Phi) is 5.17. The van der Waals surface area contributed by atoms with Crippen LogP contribution in [0.4, 0.5) is 4.79 Å². The second kappa shape index (κ2) is 6.89. The summed E-state index contributed by atoms with van der Waals surface area (Å²) in [6.07, 6.45) is 4.15. The van der Waals surface area contributed by atoms with E-state index in [1.807, 2.05) is 6.92 Å². The minimum absolute atomic E-state index is 0.0163. The normalized spacial score (nSPS) is 26.7. The van der Waals surface area contributed by atoms with Crippen molar-refractivity contribution < 1.29 is 19.5 Å². The van der Waals surface area contributed by atoms with E-state index in [1.165, 1.54) is 0 Å². The van der Waals surface area contributed by atoms with Crippen LogP contribution in [-0.4, -0.2) is 53.6 Å². The highest BCUT2D eigenvalue weighted by Gasteiger charge is 2.35. The van der Waals surface area contributed by atoms with Crippen LogP contribution in [0.3, 0.4) is 0 Å². The molecule has 0 aromatic carbocycles. The fourth-order valence-electron chi connectivity index (χ4n) is 3.18. The largest absolute Gasteiger partial charge is 0.481 e. The van der Waals surface area contributed by atoms with E-state index in [1.54, 1.807) is 4.90 Å². The van der Waals surface area contributed by atoms with Gasteiger partial charge < -0.3 is 10.4 Å². The van der Waals surface area contributed by atoms with Crippen LogP contribution >= 0.6 is 0 Å². The molecule has 2 rings (SSSR count). The predicted octanol–water partition coefficient (Wildman–Crippen LogP) is 0.407. The van der Waals surface area contributed by atoms with E-state index in [2.05, 4.69) is 10.6 Å². The molecule has 3 N–H and O–H groups in total. The average Bonchev–Trinajstić information content (AvgIpc) is 2.98.